The standard InChI is InChI=1S/C23H27N5O3/c1-15(2)19-13-18(21-16(3)26-31-22(21)25-19)23(30)28-11-9-27(10-12-28)14-20(29)24-17-7-5-4-6-8-17/h4-8,13,15H,9-12,14H2,1-3H3,(H,24,29). The molecule has 31 heavy (non-hydrogen) atoms. The van der Waals surface area contributed by atoms with E-state index in [1.165, 1.54) is 0 Å². The topological polar surface area (TPSA) is 91.6 Å². The molecule has 0 spiro atoms. The third-order valence-electron chi connectivity index (χ3n) is 5.54. The minimum Gasteiger partial charge on any atom is -0.336 e. The lowest BCUT2D eigenvalue weighted by atomic mass is 10.0. The zero-order chi connectivity index (χ0) is 22.0. The quantitative estimate of drug-likeness (QED) is 0.681. The molecule has 162 valence electrons. The Hall–Kier alpha value is -3.26. The fourth-order valence-corrected chi connectivity index (χ4v) is 3.78. The lowest BCUT2D eigenvalue weighted by molar-refractivity contribution is -0.117. The summed E-state index contributed by atoms with van der Waals surface area (Å²) >= 11 is 0. The van der Waals surface area contributed by atoms with Crippen LogP contribution in [0.1, 0.15) is 41.5 Å². The van der Waals surface area contributed by atoms with Crippen LogP contribution in [-0.4, -0.2) is 64.5 Å². The summed E-state index contributed by atoms with van der Waals surface area (Å²) in [6.07, 6.45) is 0. The van der Waals surface area contributed by atoms with Gasteiger partial charge in [-0.3, -0.25) is 14.5 Å². The van der Waals surface area contributed by atoms with Gasteiger partial charge in [-0.05, 0) is 31.0 Å². The predicted molar refractivity (Wildman–Crippen MR) is 118 cm³/mol. The van der Waals surface area contributed by atoms with Gasteiger partial charge in [-0.15, -0.1) is 0 Å². The highest BCUT2D eigenvalue weighted by Crippen LogP contribution is 2.26. The number of hydrogen-bond acceptors (Lipinski definition) is 6. The van der Waals surface area contributed by atoms with Crippen molar-refractivity contribution in [3.05, 3.63) is 53.3 Å². The molecule has 2 aromatic heterocycles. The maximum absolute atomic E-state index is 13.3. The fourth-order valence-electron chi connectivity index (χ4n) is 3.78. The largest absolute Gasteiger partial charge is 0.336 e. The average Bonchev–Trinajstić information content (AvgIpc) is 3.14. The van der Waals surface area contributed by atoms with Crippen LogP contribution in [-0.2, 0) is 4.79 Å². The molecule has 0 aliphatic carbocycles. The summed E-state index contributed by atoms with van der Waals surface area (Å²) in [4.78, 5) is 34.1. The molecule has 8 heteroatoms. The van der Waals surface area contributed by atoms with Gasteiger partial charge in [-0.1, -0.05) is 37.2 Å². The first kappa shape index (κ1) is 21.0. The Bertz CT molecular complexity index is 1090. The lowest BCUT2D eigenvalue weighted by Gasteiger charge is -2.34. The molecule has 3 heterocycles. The highest BCUT2D eigenvalue weighted by Gasteiger charge is 2.27. The van der Waals surface area contributed by atoms with Crippen molar-refractivity contribution in [3.63, 3.8) is 0 Å². The Labute approximate surface area is 181 Å². The van der Waals surface area contributed by atoms with E-state index in [4.69, 9.17) is 4.52 Å². The second kappa shape index (κ2) is 8.85. The van der Waals surface area contributed by atoms with Gasteiger partial charge in [-0.2, -0.15) is 0 Å². The number of nitrogens with zero attached hydrogens (tertiary/aromatic N) is 4. The van der Waals surface area contributed by atoms with E-state index in [9.17, 15) is 9.59 Å². The van der Waals surface area contributed by atoms with E-state index in [0.717, 1.165) is 11.4 Å². The van der Waals surface area contributed by atoms with Gasteiger partial charge in [0.2, 0.25) is 5.91 Å². The van der Waals surface area contributed by atoms with Crippen molar-refractivity contribution < 1.29 is 14.1 Å². The van der Waals surface area contributed by atoms with Gasteiger partial charge < -0.3 is 14.7 Å². The molecule has 0 unspecified atom stereocenters. The van der Waals surface area contributed by atoms with Crippen molar-refractivity contribution >= 4 is 28.6 Å². The van der Waals surface area contributed by atoms with Crippen molar-refractivity contribution in [2.75, 3.05) is 38.0 Å². The number of aryl methyl sites for hydroxylation is 1. The van der Waals surface area contributed by atoms with Gasteiger partial charge in [0.05, 0.1) is 23.2 Å². The van der Waals surface area contributed by atoms with Gasteiger partial charge in [0.25, 0.3) is 11.6 Å². The average molecular weight is 422 g/mol. The van der Waals surface area contributed by atoms with E-state index >= 15 is 0 Å². The Morgan fingerprint density at radius 3 is 2.52 bits per heavy atom. The number of carbonyl (C=O) groups excluding carboxylic acids is 2. The minimum absolute atomic E-state index is 0.0472. The van der Waals surface area contributed by atoms with Crippen LogP contribution in [0.15, 0.2) is 40.9 Å². The van der Waals surface area contributed by atoms with Gasteiger partial charge in [0.1, 0.15) is 0 Å². The maximum atomic E-state index is 13.3. The number of amides is 2. The summed E-state index contributed by atoms with van der Waals surface area (Å²) in [5.41, 5.74) is 3.25. The molecule has 0 radical (unpaired) electrons. The fraction of sp³-hybridized carbons (Fsp3) is 0.391. The highest BCUT2D eigenvalue weighted by atomic mass is 16.5. The lowest BCUT2D eigenvalue weighted by Crippen LogP contribution is -2.50. The monoisotopic (exact) mass is 421 g/mol. The van der Waals surface area contributed by atoms with Gasteiger partial charge >= 0.3 is 0 Å². The third kappa shape index (κ3) is 4.59. The molecular weight excluding hydrogens is 394 g/mol. The predicted octanol–water partition coefficient (Wildman–Crippen LogP) is 3.05. The Morgan fingerprint density at radius 1 is 1.13 bits per heavy atom. The van der Waals surface area contributed by atoms with Gasteiger partial charge in [-0.25, -0.2) is 4.98 Å². The van der Waals surface area contributed by atoms with Crippen LogP contribution < -0.4 is 5.32 Å². The van der Waals surface area contributed by atoms with E-state index in [-0.39, 0.29) is 17.7 Å². The van der Waals surface area contributed by atoms with Crippen LogP contribution >= 0.6 is 0 Å². The summed E-state index contributed by atoms with van der Waals surface area (Å²) in [7, 11) is 0. The zero-order valence-electron chi connectivity index (χ0n) is 18.1. The van der Waals surface area contributed by atoms with Gasteiger partial charge in [0, 0.05) is 37.6 Å². The highest BCUT2D eigenvalue weighted by molar-refractivity contribution is 6.06. The van der Waals surface area contributed by atoms with Crippen LogP contribution in [0.3, 0.4) is 0 Å². The van der Waals surface area contributed by atoms with Crippen LogP contribution in [0, 0.1) is 6.92 Å². The first-order valence-corrected chi connectivity index (χ1v) is 10.6. The number of carbonyl (C=O) groups is 2. The second-order valence-electron chi connectivity index (χ2n) is 8.18. The normalized spacial score (nSPS) is 14.9. The number of aromatic nitrogens is 2. The van der Waals surface area contributed by atoms with E-state index < -0.39 is 0 Å². The molecule has 1 aliphatic rings. The number of benzene rings is 1. The Morgan fingerprint density at radius 2 is 1.84 bits per heavy atom. The van der Waals surface area contributed by atoms with Crippen molar-refractivity contribution in [3.8, 4) is 0 Å². The summed E-state index contributed by atoms with van der Waals surface area (Å²) in [6, 6.07) is 11.3. The summed E-state index contributed by atoms with van der Waals surface area (Å²) < 4.78 is 5.34. The molecule has 1 aromatic carbocycles. The molecule has 1 fully saturated rings. The van der Waals surface area contributed by atoms with E-state index in [0.29, 0.717) is 55.1 Å². The van der Waals surface area contributed by atoms with Crippen molar-refractivity contribution in [1.29, 1.82) is 0 Å². The number of hydrogen-bond donors (Lipinski definition) is 1. The van der Waals surface area contributed by atoms with Crippen LogP contribution in [0.2, 0.25) is 0 Å². The smallest absolute Gasteiger partial charge is 0.259 e. The van der Waals surface area contributed by atoms with Crippen LogP contribution in [0.25, 0.3) is 11.1 Å². The van der Waals surface area contributed by atoms with Crippen LogP contribution in [0.4, 0.5) is 5.69 Å². The van der Waals surface area contributed by atoms with Crippen molar-refractivity contribution in [1.82, 2.24) is 19.9 Å². The summed E-state index contributed by atoms with van der Waals surface area (Å²) in [5.74, 6) is 0.0683. The third-order valence-corrected chi connectivity index (χ3v) is 5.54. The molecule has 1 aliphatic heterocycles. The van der Waals surface area contributed by atoms with Crippen molar-refractivity contribution in [2.24, 2.45) is 0 Å². The summed E-state index contributed by atoms with van der Waals surface area (Å²) in [6.45, 7) is 8.59. The molecule has 4 rings (SSSR count). The minimum atomic E-state index is -0.0523. The molecule has 3 aromatic rings. The number of piperazine rings is 1. The van der Waals surface area contributed by atoms with Crippen LogP contribution in [0.5, 0.6) is 0 Å². The number of rotatable bonds is 5. The molecule has 2 amide bonds. The first-order valence-electron chi connectivity index (χ1n) is 10.6. The molecular formula is C23H27N5O3. The summed E-state index contributed by atoms with van der Waals surface area (Å²) in [5, 5.41) is 7.59. The maximum Gasteiger partial charge on any atom is 0.259 e. The SMILES string of the molecule is Cc1noc2nc(C(C)C)cc(C(=O)N3CCN(CC(=O)Nc4ccccc4)CC3)c12. The molecule has 1 N–H and O–H groups in total. The van der Waals surface area contributed by atoms with Gasteiger partial charge in [0.15, 0.2) is 0 Å². The molecule has 0 atom stereocenters. The zero-order valence-corrected chi connectivity index (χ0v) is 18.1. The molecule has 0 bridgehead atoms. The molecule has 1 saturated heterocycles. The number of nitrogens with one attached hydrogen (secondary N) is 1. The molecule has 8 nitrogen and oxygen atoms in total. The van der Waals surface area contributed by atoms with E-state index in [1.807, 2.05) is 62.1 Å². The number of pyridine rings is 1. The number of anilines is 1. The number of para-hydroxylation sites is 1. The van der Waals surface area contributed by atoms with E-state index in [2.05, 4.69) is 20.4 Å². The first-order chi connectivity index (χ1) is 14.9. The Balaban J connectivity index is 1.42. The Kier molecular flexibility index (Phi) is 5.99. The van der Waals surface area contributed by atoms with Crippen molar-refractivity contribution in [2.45, 2.75) is 26.7 Å². The molecule has 0 saturated carbocycles. The second-order valence-corrected chi connectivity index (χ2v) is 8.18. The van der Waals surface area contributed by atoms with E-state index in [1.54, 1.807) is 0 Å². The number of fused-ring (bicyclic) bond motifs is 1.